The van der Waals surface area contributed by atoms with Crippen LogP contribution in [0.1, 0.15) is 17.2 Å². The Morgan fingerprint density at radius 3 is 2.23 bits per heavy atom. The number of phenolic OH excluding ortho intramolecular Hbond substituents is 2. The molecule has 0 radical (unpaired) electrons. The van der Waals surface area contributed by atoms with Crippen LogP contribution in [-0.2, 0) is 29.2 Å². The van der Waals surface area contributed by atoms with Crippen molar-refractivity contribution in [2.24, 2.45) is 0 Å². The van der Waals surface area contributed by atoms with Crippen LogP contribution in [0.4, 0.5) is 0 Å². The Morgan fingerprint density at radius 1 is 0.867 bits per heavy atom. The molecule has 0 saturated heterocycles. The van der Waals surface area contributed by atoms with Gasteiger partial charge >= 0.3 is 20.8 Å². The molecule has 4 N–H and O–H groups in total. The number of phenols is 2. The molecular weight excluding hydrogens is 448 g/mol. The van der Waals surface area contributed by atoms with E-state index in [2.05, 4.69) is 8.37 Å². The first-order chi connectivity index (χ1) is 13.9. The third-order valence-corrected chi connectivity index (χ3v) is 4.48. The van der Waals surface area contributed by atoms with Crippen LogP contribution in [0.3, 0.4) is 0 Å². The number of aromatic hydroxyl groups is 2. The second kappa shape index (κ2) is 8.00. The lowest BCUT2D eigenvalue weighted by Gasteiger charge is -2.33. The molecule has 0 saturated carbocycles. The van der Waals surface area contributed by atoms with Crippen LogP contribution in [0, 0.1) is 0 Å². The molecule has 162 valence electrons. The van der Waals surface area contributed by atoms with Crippen LogP contribution in [0.15, 0.2) is 42.7 Å². The minimum Gasteiger partial charge on any atom is -0.504 e. The van der Waals surface area contributed by atoms with Gasteiger partial charge in [-0.15, -0.1) is 0 Å². The van der Waals surface area contributed by atoms with E-state index < -0.39 is 44.7 Å². The summed E-state index contributed by atoms with van der Waals surface area (Å²) in [6.45, 7) is 0. The summed E-state index contributed by atoms with van der Waals surface area (Å²) in [4.78, 5) is 0. The molecule has 3 rings (SSSR count). The van der Waals surface area contributed by atoms with Crippen molar-refractivity contribution in [1.29, 1.82) is 0 Å². The minimum absolute atomic E-state index is 0.0306. The molecule has 1 aliphatic heterocycles. The van der Waals surface area contributed by atoms with Crippen molar-refractivity contribution in [3.05, 3.63) is 53.8 Å². The van der Waals surface area contributed by atoms with Crippen molar-refractivity contribution in [2.45, 2.75) is 12.4 Å². The third-order valence-electron chi connectivity index (χ3n) is 3.69. The van der Waals surface area contributed by atoms with Crippen molar-refractivity contribution >= 4 is 26.9 Å². The number of hydrogen-bond donors (Lipinski definition) is 4. The van der Waals surface area contributed by atoms with Gasteiger partial charge < -0.3 is 23.9 Å². The number of rotatable bonds is 6. The quantitative estimate of drug-likeness (QED) is 0.276. The minimum atomic E-state index is -4.97. The second-order valence-electron chi connectivity index (χ2n) is 5.83. The molecular formula is C16H14O12S2. The van der Waals surface area contributed by atoms with Gasteiger partial charge in [-0.3, -0.25) is 9.11 Å². The Bertz CT molecular complexity index is 1190. The molecule has 0 amide bonds. The summed E-state index contributed by atoms with van der Waals surface area (Å²) in [5, 5.41) is 19.1. The van der Waals surface area contributed by atoms with Crippen molar-refractivity contribution < 1.29 is 54.0 Å². The van der Waals surface area contributed by atoms with Gasteiger partial charge in [-0.1, -0.05) is 12.1 Å². The number of benzene rings is 2. The van der Waals surface area contributed by atoms with Crippen molar-refractivity contribution in [2.75, 3.05) is 0 Å². The van der Waals surface area contributed by atoms with Crippen LogP contribution < -0.4 is 9.47 Å². The summed E-state index contributed by atoms with van der Waals surface area (Å²) in [5.41, 5.74) is 0.474. The van der Waals surface area contributed by atoms with E-state index >= 15 is 0 Å². The lowest BCUT2D eigenvalue weighted by atomic mass is 10.1. The van der Waals surface area contributed by atoms with Gasteiger partial charge in [0.05, 0.1) is 0 Å². The molecule has 2 unspecified atom stereocenters. The zero-order valence-corrected chi connectivity index (χ0v) is 16.3. The predicted molar refractivity (Wildman–Crippen MR) is 98.3 cm³/mol. The monoisotopic (exact) mass is 462 g/mol. The summed E-state index contributed by atoms with van der Waals surface area (Å²) in [5.74, 6) is -0.842. The lowest BCUT2D eigenvalue weighted by molar-refractivity contribution is -0.0990. The maximum Gasteiger partial charge on any atom is 0.445 e. The lowest BCUT2D eigenvalue weighted by Crippen LogP contribution is -2.37. The van der Waals surface area contributed by atoms with Gasteiger partial charge in [0.15, 0.2) is 29.1 Å². The largest absolute Gasteiger partial charge is 0.504 e. The van der Waals surface area contributed by atoms with Gasteiger partial charge in [-0.05, 0) is 35.9 Å². The second-order valence-corrected chi connectivity index (χ2v) is 7.93. The highest BCUT2D eigenvalue weighted by atomic mass is 32.3. The zero-order valence-electron chi connectivity index (χ0n) is 14.6. The maximum atomic E-state index is 11.2. The Balaban J connectivity index is 1.94. The Hall–Kier alpha value is -3.04. The van der Waals surface area contributed by atoms with E-state index in [9.17, 15) is 27.0 Å². The molecule has 0 aromatic heterocycles. The summed E-state index contributed by atoms with van der Waals surface area (Å²) < 4.78 is 80.8. The Morgan fingerprint density at radius 2 is 1.60 bits per heavy atom. The van der Waals surface area contributed by atoms with Gasteiger partial charge in [0.25, 0.3) is 6.29 Å². The molecule has 2 aromatic carbocycles. The van der Waals surface area contributed by atoms with Crippen LogP contribution in [-0.4, -0.2) is 42.4 Å². The van der Waals surface area contributed by atoms with Crippen molar-refractivity contribution in [1.82, 2.24) is 0 Å². The van der Waals surface area contributed by atoms with Crippen molar-refractivity contribution in [3.63, 3.8) is 0 Å². The molecule has 0 aliphatic carbocycles. The highest BCUT2D eigenvalue weighted by Gasteiger charge is 2.37. The van der Waals surface area contributed by atoms with Crippen LogP contribution in [0.2, 0.25) is 0 Å². The van der Waals surface area contributed by atoms with E-state index in [4.69, 9.17) is 18.6 Å². The van der Waals surface area contributed by atoms with Crippen LogP contribution in [0.25, 0.3) is 6.08 Å². The van der Waals surface area contributed by atoms with Gasteiger partial charge in [0, 0.05) is 5.56 Å². The van der Waals surface area contributed by atoms with E-state index in [0.29, 0.717) is 11.8 Å². The van der Waals surface area contributed by atoms with Crippen molar-refractivity contribution in [3.8, 4) is 23.0 Å². The molecule has 1 aliphatic rings. The summed E-state index contributed by atoms with van der Waals surface area (Å²) in [7, 11) is -9.65. The Labute approximate surface area is 170 Å². The normalized spacial score (nSPS) is 19.0. The first kappa shape index (κ1) is 21.7. The van der Waals surface area contributed by atoms with E-state index in [1.54, 1.807) is 0 Å². The first-order valence-electron chi connectivity index (χ1n) is 7.88. The fourth-order valence-corrected chi connectivity index (χ4v) is 3.08. The average molecular weight is 462 g/mol. The SMILES string of the molecule is O=S(=O)(O)OC=Cc1ccc2c(c1)OC(OS(=O)(=O)O)C(c1ccc(O)c(O)c1)O2. The van der Waals surface area contributed by atoms with E-state index in [0.717, 1.165) is 18.2 Å². The number of hydrogen-bond acceptors (Lipinski definition) is 10. The summed E-state index contributed by atoms with van der Waals surface area (Å²) >= 11 is 0. The molecule has 0 bridgehead atoms. The maximum absolute atomic E-state index is 11.2. The molecule has 0 fully saturated rings. The van der Waals surface area contributed by atoms with Gasteiger partial charge in [-0.25, -0.2) is 4.18 Å². The third kappa shape index (κ3) is 5.52. The fraction of sp³-hybridized carbons (Fsp3) is 0.125. The van der Waals surface area contributed by atoms with E-state index in [-0.39, 0.29) is 17.1 Å². The summed E-state index contributed by atoms with van der Waals surface area (Å²) in [6, 6.07) is 7.72. The molecule has 30 heavy (non-hydrogen) atoms. The summed E-state index contributed by atoms with van der Waals surface area (Å²) in [6.07, 6.45) is -1.14. The van der Waals surface area contributed by atoms with Gasteiger partial charge in [0.1, 0.15) is 6.26 Å². The molecule has 14 heteroatoms. The Kier molecular flexibility index (Phi) is 5.78. The topological polar surface area (TPSA) is 186 Å². The highest BCUT2D eigenvalue weighted by molar-refractivity contribution is 7.81. The van der Waals surface area contributed by atoms with Gasteiger partial charge in [-0.2, -0.15) is 16.8 Å². The fourth-order valence-electron chi connectivity index (χ4n) is 2.51. The molecule has 1 heterocycles. The highest BCUT2D eigenvalue weighted by Crippen LogP contribution is 2.42. The van der Waals surface area contributed by atoms with E-state index in [1.165, 1.54) is 24.3 Å². The molecule has 2 atom stereocenters. The standard InChI is InChI=1S/C16H14O12S2/c17-11-3-2-10(8-12(11)18)15-16(28-30(22,23)24)27-14-7-9(1-4-13(14)26-15)5-6-25-29(19,20)21/h1-8,15-18H,(H,19,20,21)(H,22,23,24). The smallest absolute Gasteiger partial charge is 0.445 e. The van der Waals surface area contributed by atoms with Gasteiger partial charge in [0.2, 0.25) is 0 Å². The number of fused-ring (bicyclic) bond motifs is 1. The predicted octanol–water partition coefficient (Wildman–Crippen LogP) is 1.55. The zero-order chi connectivity index (χ0) is 22.1. The van der Waals surface area contributed by atoms with Crippen LogP contribution in [0.5, 0.6) is 23.0 Å². The molecule has 2 aromatic rings. The average Bonchev–Trinajstić information content (AvgIpc) is 2.61. The molecule has 12 nitrogen and oxygen atoms in total. The number of ether oxygens (including phenoxy) is 2. The first-order valence-corrected chi connectivity index (χ1v) is 10.6. The molecule has 0 spiro atoms. The van der Waals surface area contributed by atoms with E-state index in [1.807, 2.05) is 0 Å². The van der Waals surface area contributed by atoms with Crippen LogP contribution >= 0.6 is 0 Å².